The third-order valence-electron chi connectivity index (χ3n) is 3.08. The summed E-state index contributed by atoms with van der Waals surface area (Å²) in [5.41, 5.74) is 2.67. The Hall–Kier alpha value is -2.36. The SMILES string of the molecule is O=C(O)C1COc2ccc(-c3cccnc3)cc21. The number of hydrogen-bond acceptors (Lipinski definition) is 3. The van der Waals surface area contributed by atoms with Gasteiger partial charge in [-0.3, -0.25) is 9.78 Å². The summed E-state index contributed by atoms with van der Waals surface area (Å²) in [6, 6.07) is 9.41. The molecular formula is C14H11NO3. The van der Waals surface area contributed by atoms with Crippen molar-refractivity contribution in [2.75, 3.05) is 6.61 Å². The smallest absolute Gasteiger partial charge is 0.314 e. The van der Waals surface area contributed by atoms with Gasteiger partial charge in [-0.1, -0.05) is 12.1 Å². The van der Waals surface area contributed by atoms with Crippen molar-refractivity contribution in [3.05, 3.63) is 48.3 Å². The van der Waals surface area contributed by atoms with Crippen molar-refractivity contribution in [1.29, 1.82) is 0 Å². The number of carbonyl (C=O) groups is 1. The van der Waals surface area contributed by atoms with Crippen LogP contribution in [-0.4, -0.2) is 22.7 Å². The number of benzene rings is 1. The van der Waals surface area contributed by atoms with E-state index in [1.165, 1.54) is 0 Å². The van der Waals surface area contributed by atoms with Crippen LogP contribution in [0.1, 0.15) is 11.5 Å². The molecule has 0 fully saturated rings. The molecule has 3 rings (SSSR count). The molecule has 1 aliphatic rings. The Morgan fingerprint density at radius 3 is 2.94 bits per heavy atom. The molecule has 0 spiro atoms. The van der Waals surface area contributed by atoms with E-state index in [2.05, 4.69) is 4.98 Å². The van der Waals surface area contributed by atoms with Gasteiger partial charge in [0.25, 0.3) is 0 Å². The zero-order valence-corrected chi connectivity index (χ0v) is 9.54. The normalized spacial score (nSPS) is 17.0. The number of hydrogen-bond donors (Lipinski definition) is 1. The zero-order chi connectivity index (χ0) is 12.5. The minimum atomic E-state index is -0.850. The molecule has 1 aromatic carbocycles. The molecular weight excluding hydrogens is 230 g/mol. The molecule has 1 atom stereocenters. The summed E-state index contributed by atoms with van der Waals surface area (Å²) in [5.74, 6) is -0.760. The number of carboxylic acids is 1. The highest BCUT2D eigenvalue weighted by molar-refractivity contribution is 5.80. The second-order valence-corrected chi connectivity index (χ2v) is 4.20. The van der Waals surface area contributed by atoms with Crippen LogP contribution in [0.5, 0.6) is 5.75 Å². The molecule has 2 aromatic rings. The standard InChI is InChI=1S/C14H11NO3/c16-14(17)12-8-18-13-4-3-9(6-11(12)13)10-2-1-5-15-7-10/h1-7,12H,8H2,(H,16,17). The lowest BCUT2D eigenvalue weighted by Gasteiger charge is -2.05. The summed E-state index contributed by atoms with van der Waals surface area (Å²) in [4.78, 5) is 15.2. The van der Waals surface area contributed by atoms with Gasteiger partial charge in [-0.05, 0) is 23.8 Å². The average Bonchev–Trinajstić information content (AvgIpc) is 2.82. The van der Waals surface area contributed by atoms with E-state index < -0.39 is 11.9 Å². The third-order valence-corrected chi connectivity index (χ3v) is 3.08. The molecule has 0 bridgehead atoms. The number of rotatable bonds is 2. The predicted octanol–water partition coefficient (Wildman–Crippen LogP) is 2.31. The monoisotopic (exact) mass is 241 g/mol. The molecule has 18 heavy (non-hydrogen) atoms. The number of aromatic nitrogens is 1. The molecule has 4 heteroatoms. The van der Waals surface area contributed by atoms with Crippen molar-refractivity contribution < 1.29 is 14.6 Å². The largest absolute Gasteiger partial charge is 0.492 e. The summed E-state index contributed by atoms with van der Waals surface area (Å²) in [5, 5.41) is 9.13. The van der Waals surface area contributed by atoms with Crippen LogP contribution in [0.15, 0.2) is 42.7 Å². The molecule has 2 heterocycles. The lowest BCUT2D eigenvalue weighted by atomic mass is 9.97. The number of ether oxygens (including phenoxy) is 1. The van der Waals surface area contributed by atoms with Gasteiger partial charge in [-0.25, -0.2) is 0 Å². The lowest BCUT2D eigenvalue weighted by Crippen LogP contribution is -2.12. The Kier molecular flexibility index (Phi) is 2.48. The van der Waals surface area contributed by atoms with Crippen molar-refractivity contribution in [2.45, 2.75) is 5.92 Å². The highest BCUT2D eigenvalue weighted by Gasteiger charge is 2.30. The number of carboxylic acid groups (broad SMARTS) is 1. The molecule has 0 radical (unpaired) electrons. The molecule has 1 unspecified atom stereocenters. The summed E-state index contributed by atoms with van der Waals surface area (Å²) in [7, 11) is 0. The van der Waals surface area contributed by atoms with Gasteiger partial charge in [0, 0.05) is 23.5 Å². The van der Waals surface area contributed by atoms with Crippen molar-refractivity contribution >= 4 is 5.97 Å². The molecule has 0 amide bonds. The molecule has 0 saturated carbocycles. The van der Waals surface area contributed by atoms with Crippen LogP contribution < -0.4 is 4.74 Å². The van der Waals surface area contributed by atoms with Crippen LogP contribution in [0.25, 0.3) is 11.1 Å². The van der Waals surface area contributed by atoms with Gasteiger partial charge in [0.15, 0.2) is 0 Å². The minimum absolute atomic E-state index is 0.209. The maximum atomic E-state index is 11.1. The van der Waals surface area contributed by atoms with Crippen LogP contribution in [0.2, 0.25) is 0 Å². The molecule has 1 aromatic heterocycles. The summed E-state index contributed by atoms with van der Waals surface area (Å²) in [6.45, 7) is 0.209. The highest BCUT2D eigenvalue weighted by atomic mass is 16.5. The first-order valence-electron chi connectivity index (χ1n) is 5.65. The number of fused-ring (bicyclic) bond motifs is 1. The van der Waals surface area contributed by atoms with Crippen molar-refractivity contribution in [3.8, 4) is 16.9 Å². The maximum absolute atomic E-state index is 11.1. The van der Waals surface area contributed by atoms with Gasteiger partial charge in [-0.15, -0.1) is 0 Å². The fourth-order valence-electron chi connectivity index (χ4n) is 2.13. The number of pyridine rings is 1. The second-order valence-electron chi connectivity index (χ2n) is 4.20. The summed E-state index contributed by atoms with van der Waals surface area (Å²) >= 11 is 0. The Morgan fingerprint density at radius 1 is 1.33 bits per heavy atom. The number of nitrogens with zero attached hydrogens (tertiary/aromatic N) is 1. The van der Waals surface area contributed by atoms with Crippen LogP contribution in [-0.2, 0) is 4.79 Å². The second kappa shape index (κ2) is 4.14. The van der Waals surface area contributed by atoms with Crippen LogP contribution in [0.4, 0.5) is 0 Å². The first-order chi connectivity index (χ1) is 8.75. The van der Waals surface area contributed by atoms with E-state index in [-0.39, 0.29) is 6.61 Å². The first kappa shape index (κ1) is 10.8. The molecule has 90 valence electrons. The van der Waals surface area contributed by atoms with Crippen LogP contribution in [0, 0.1) is 0 Å². The predicted molar refractivity (Wildman–Crippen MR) is 65.5 cm³/mol. The summed E-state index contributed by atoms with van der Waals surface area (Å²) in [6.07, 6.45) is 3.47. The van der Waals surface area contributed by atoms with Gasteiger partial charge in [0.05, 0.1) is 0 Å². The van der Waals surface area contributed by atoms with E-state index in [1.807, 2.05) is 30.3 Å². The number of aliphatic carboxylic acids is 1. The van der Waals surface area contributed by atoms with Crippen LogP contribution in [0.3, 0.4) is 0 Å². The fraction of sp³-hybridized carbons (Fsp3) is 0.143. The van der Waals surface area contributed by atoms with E-state index in [4.69, 9.17) is 9.84 Å². The quantitative estimate of drug-likeness (QED) is 0.876. The van der Waals surface area contributed by atoms with Gasteiger partial charge < -0.3 is 9.84 Å². The topological polar surface area (TPSA) is 59.4 Å². The molecule has 0 saturated heterocycles. The van der Waals surface area contributed by atoms with E-state index in [0.717, 1.165) is 16.7 Å². The van der Waals surface area contributed by atoms with Gasteiger partial charge >= 0.3 is 5.97 Å². The lowest BCUT2D eigenvalue weighted by molar-refractivity contribution is -0.138. The van der Waals surface area contributed by atoms with E-state index in [0.29, 0.717) is 5.75 Å². The van der Waals surface area contributed by atoms with Gasteiger partial charge in [0.2, 0.25) is 0 Å². The van der Waals surface area contributed by atoms with E-state index in [9.17, 15) is 4.79 Å². The molecule has 1 N–H and O–H groups in total. The van der Waals surface area contributed by atoms with E-state index >= 15 is 0 Å². The zero-order valence-electron chi connectivity index (χ0n) is 9.54. The van der Waals surface area contributed by atoms with Crippen LogP contribution >= 0.6 is 0 Å². The Morgan fingerprint density at radius 2 is 2.22 bits per heavy atom. The minimum Gasteiger partial charge on any atom is -0.492 e. The Labute approximate surface area is 104 Å². The summed E-state index contributed by atoms with van der Waals surface area (Å²) < 4.78 is 5.37. The van der Waals surface area contributed by atoms with Crippen molar-refractivity contribution in [3.63, 3.8) is 0 Å². The highest BCUT2D eigenvalue weighted by Crippen LogP contribution is 2.36. The molecule has 0 aliphatic carbocycles. The molecule has 4 nitrogen and oxygen atoms in total. The Balaban J connectivity index is 2.06. The van der Waals surface area contributed by atoms with E-state index in [1.54, 1.807) is 12.4 Å². The third kappa shape index (κ3) is 1.72. The Bertz CT molecular complexity index is 595. The maximum Gasteiger partial charge on any atom is 0.314 e. The van der Waals surface area contributed by atoms with Crippen molar-refractivity contribution in [1.82, 2.24) is 4.98 Å². The molecule has 1 aliphatic heterocycles. The fourth-order valence-corrected chi connectivity index (χ4v) is 2.13. The van der Waals surface area contributed by atoms with Crippen molar-refractivity contribution in [2.24, 2.45) is 0 Å². The van der Waals surface area contributed by atoms with Gasteiger partial charge in [0.1, 0.15) is 18.3 Å². The van der Waals surface area contributed by atoms with Gasteiger partial charge in [-0.2, -0.15) is 0 Å². The first-order valence-corrected chi connectivity index (χ1v) is 5.65. The average molecular weight is 241 g/mol.